The van der Waals surface area contributed by atoms with Crippen molar-refractivity contribution in [1.82, 2.24) is 15.4 Å². The zero-order chi connectivity index (χ0) is 17.9. The van der Waals surface area contributed by atoms with Crippen LogP contribution in [0, 0.1) is 5.92 Å². The van der Waals surface area contributed by atoms with Gasteiger partial charge in [-0.15, -0.1) is 0 Å². The van der Waals surface area contributed by atoms with Crippen LogP contribution in [0.4, 0.5) is 0 Å². The number of rotatable bonds is 5. The van der Waals surface area contributed by atoms with Gasteiger partial charge in [-0.2, -0.15) is 0 Å². The molecule has 0 radical (unpaired) electrons. The summed E-state index contributed by atoms with van der Waals surface area (Å²) in [6.07, 6.45) is 2.52. The normalized spacial score (nSPS) is 18.9. The molecule has 0 saturated carbocycles. The summed E-state index contributed by atoms with van der Waals surface area (Å²) in [5.74, 6) is 1.13. The Hall–Kier alpha value is -2.14. The van der Waals surface area contributed by atoms with Gasteiger partial charge in [0.25, 0.3) is 5.91 Å². The summed E-state index contributed by atoms with van der Waals surface area (Å²) in [4.78, 5) is 14.9. The molecule has 1 unspecified atom stereocenters. The van der Waals surface area contributed by atoms with E-state index in [2.05, 4.69) is 36.1 Å². The van der Waals surface area contributed by atoms with E-state index in [1.165, 1.54) is 12.8 Å². The molecule has 0 spiro atoms. The van der Waals surface area contributed by atoms with Gasteiger partial charge >= 0.3 is 0 Å². The number of piperidine rings is 1. The van der Waals surface area contributed by atoms with E-state index in [4.69, 9.17) is 4.52 Å². The summed E-state index contributed by atoms with van der Waals surface area (Å²) < 4.78 is 5.31. The number of benzene rings is 1. The predicted molar refractivity (Wildman–Crippen MR) is 98.3 cm³/mol. The molecule has 134 valence electrons. The lowest BCUT2D eigenvalue weighted by atomic mass is 9.93. The van der Waals surface area contributed by atoms with E-state index in [1.807, 2.05) is 30.3 Å². The Morgan fingerprint density at radius 2 is 2.12 bits per heavy atom. The van der Waals surface area contributed by atoms with Crippen LogP contribution in [0.2, 0.25) is 0 Å². The van der Waals surface area contributed by atoms with Crippen molar-refractivity contribution in [2.24, 2.45) is 5.92 Å². The Labute approximate surface area is 149 Å². The number of likely N-dealkylation sites (tertiary alicyclic amines) is 1. The maximum atomic E-state index is 12.4. The van der Waals surface area contributed by atoms with Crippen molar-refractivity contribution in [3.63, 3.8) is 0 Å². The standard InChI is InChI=1S/C20H27N3O2/c1-15-8-7-11-23(13-15)20(2,3)14-21-19(24)17-12-18(25-22-17)16-9-5-4-6-10-16/h4-6,9-10,12,15H,7-8,11,13-14H2,1-3H3,(H,21,24). The molecule has 1 saturated heterocycles. The quantitative estimate of drug-likeness (QED) is 0.903. The number of carbonyl (C=O) groups is 1. The largest absolute Gasteiger partial charge is 0.355 e. The summed E-state index contributed by atoms with van der Waals surface area (Å²) in [5, 5.41) is 6.93. The van der Waals surface area contributed by atoms with Crippen LogP contribution in [0.5, 0.6) is 0 Å². The highest BCUT2D eigenvalue weighted by molar-refractivity contribution is 5.93. The third kappa shape index (κ3) is 4.28. The molecule has 1 aromatic carbocycles. The van der Waals surface area contributed by atoms with Gasteiger partial charge in [0, 0.05) is 30.3 Å². The second-order valence-corrected chi connectivity index (χ2v) is 7.63. The average Bonchev–Trinajstić information content (AvgIpc) is 3.11. The second kappa shape index (κ2) is 7.40. The van der Waals surface area contributed by atoms with Crippen molar-refractivity contribution in [2.45, 2.75) is 39.2 Å². The smallest absolute Gasteiger partial charge is 0.273 e. The molecule has 0 bridgehead atoms. The van der Waals surface area contributed by atoms with Crippen molar-refractivity contribution < 1.29 is 9.32 Å². The Morgan fingerprint density at radius 1 is 1.36 bits per heavy atom. The Bertz CT molecular complexity index is 709. The summed E-state index contributed by atoms with van der Waals surface area (Å²) >= 11 is 0. The summed E-state index contributed by atoms with van der Waals surface area (Å²) in [5.41, 5.74) is 1.16. The van der Waals surface area contributed by atoms with Gasteiger partial charge in [-0.1, -0.05) is 42.4 Å². The molecule has 1 aromatic heterocycles. The highest BCUT2D eigenvalue weighted by atomic mass is 16.5. The molecule has 1 aliphatic heterocycles. The molecule has 1 atom stereocenters. The van der Waals surface area contributed by atoms with Gasteiger partial charge in [-0.3, -0.25) is 9.69 Å². The van der Waals surface area contributed by atoms with Crippen molar-refractivity contribution in [3.05, 3.63) is 42.1 Å². The Kier molecular flexibility index (Phi) is 5.23. The molecular formula is C20H27N3O2. The number of hydrogen-bond donors (Lipinski definition) is 1. The second-order valence-electron chi connectivity index (χ2n) is 7.63. The third-order valence-electron chi connectivity index (χ3n) is 5.00. The minimum absolute atomic E-state index is 0.0731. The molecular weight excluding hydrogens is 314 g/mol. The number of carbonyl (C=O) groups excluding carboxylic acids is 1. The first-order chi connectivity index (χ1) is 12.0. The predicted octanol–water partition coefficient (Wildman–Crippen LogP) is 3.58. The number of nitrogens with one attached hydrogen (secondary N) is 1. The van der Waals surface area contributed by atoms with Crippen LogP contribution in [0.3, 0.4) is 0 Å². The van der Waals surface area contributed by atoms with Gasteiger partial charge in [0.1, 0.15) is 0 Å². The molecule has 25 heavy (non-hydrogen) atoms. The number of amides is 1. The number of nitrogens with zero attached hydrogens (tertiary/aromatic N) is 2. The van der Waals surface area contributed by atoms with Gasteiger partial charge in [0.15, 0.2) is 11.5 Å². The van der Waals surface area contributed by atoms with Gasteiger partial charge in [-0.25, -0.2) is 0 Å². The zero-order valence-corrected chi connectivity index (χ0v) is 15.3. The van der Waals surface area contributed by atoms with E-state index >= 15 is 0 Å². The minimum atomic E-state index is -0.191. The van der Waals surface area contributed by atoms with Crippen LogP contribution in [0.25, 0.3) is 11.3 Å². The molecule has 5 heteroatoms. The molecule has 2 heterocycles. The Morgan fingerprint density at radius 3 is 2.84 bits per heavy atom. The van der Waals surface area contributed by atoms with Gasteiger partial charge < -0.3 is 9.84 Å². The van der Waals surface area contributed by atoms with Crippen molar-refractivity contribution in [3.8, 4) is 11.3 Å². The molecule has 1 amide bonds. The fourth-order valence-corrected chi connectivity index (χ4v) is 3.36. The van der Waals surface area contributed by atoms with E-state index < -0.39 is 0 Å². The Balaban J connectivity index is 1.60. The van der Waals surface area contributed by atoms with Crippen LogP contribution < -0.4 is 5.32 Å². The highest BCUT2D eigenvalue weighted by Gasteiger charge is 2.30. The molecule has 0 aliphatic carbocycles. The molecule has 1 fully saturated rings. The summed E-state index contributed by atoms with van der Waals surface area (Å²) in [6, 6.07) is 11.4. The van der Waals surface area contributed by atoms with Crippen LogP contribution in [0.1, 0.15) is 44.1 Å². The average molecular weight is 341 g/mol. The van der Waals surface area contributed by atoms with Crippen molar-refractivity contribution in [2.75, 3.05) is 19.6 Å². The summed E-state index contributed by atoms with van der Waals surface area (Å²) in [6.45, 7) is 9.43. The maximum Gasteiger partial charge on any atom is 0.273 e. The maximum absolute atomic E-state index is 12.4. The van der Waals surface area contributed by atoms with Crippen LogP contribution >= 0.6 is 0 Å². The minimum Gasteiger partial charge on any atom is -0.355 e. The molecule has 1 N–H and O–H groups in total. The SMILES string of the molecule is CC1CCCN(C(C)(C)CNC(=O)c2cc(-c3ccccc3)on2)C1. The van der Waals surface area contributed by atoms with Crippen LogP contribution in [-0.4, -0.2) is 41.1 Å². The van der Waals surface area contributed by atoms with Gasteiger partial charge in [0.2, 0.25) is 0 Å². The molecule has 1 aliphatic rings. The monoisotopic (exact) mass is 341 g/mol. The lowest BCUT2D eigenvalue weighted by Gasteiger charge is -2.43. The highest BCUT2D eigenvalue weighted by Crippen LogP contribution is 2.24. The lowest BCUT2D eigenvalue weighted by molar-refractivity contribution is 0.0654. The van der Waals surface area contributed by atoms with Crippen LogP contribution in [0.15, 0.2) is 40.9 Å². The first-order valence-electron chi connectivity index (χ1n) is 9.01. The van der Waals surface area contributed by atoms with Gasteiger partial charge in [-0.05, 0) is 39.2 Å². The summed E-state index contributed by atoms with van der Waals surface area (Å²) in [7, 11) is 0. The topological polar surface area (TPSA) is 58.4 Å². The number of hydrogen-bond acceptors (Lipinski definition) is 4. The molecule has 2 aromatic rings. The third-order valence-corrected chi connectivity index (χ3v) is 5.00. The first-order valence-corrected chi connectivity index (χ1v) is 9.01. The van der Waals surface area contributed by atoms with Crippen LogP contribution in [-0.2, 0) is 0 Å². The molecule has 3 rings (SSSR count). The van der Waals surface area contributed by atoms with E-state index in [0.29, 0.717) is 23.9 Å². The molecule has 5 nitrogen and oxygen atoms in total. The van der Waals surface area contributed by atoms with E-state index in [-0.39, 0.29) is 11.4 Å². The van der Waals surface area contributed by atoms with E-state index in [0.717, 1.165) is 18.7 Å². The van der Waals surface area contributed by atoms with Gasteiger partial charge in [0.05, 0.1) is 0 Å². The first kappa shape index (κ1) is 17.7. The fraction of sp³-hybridized carbons (Fsp3) is 0.500. The van der Waals surface area contributed by atoms with Crippen molar-refractivity contribution in [1.29, 1.82) is 0 Å². The zero-order valence-electron chi connectivity index (χ0n) is 15.3. The fourth-order valence-electron chi connectivity index (χ4n) is 3.36. The van der Waals surface area contributed by atoms with E-state index in [1.54, 1.807) is 6.07 Å². The van der Waals surface area contributed by atoms with Crippen molar-refractivity contribution >= 4 is 5.91 Å². The lowest BCUT2D eigenvalue weighted by Crippen LogP contribution is -2.54. The van der Waals surface area contributed by atoms with E-state index in [9.17, 15) is 4.79 Å². The number of aromatic nitrogens is 1.